The monoisotopic (exact) mass is 297 g/mol. The summed E-state index contributed by atoms with van der Waals surface area (Å²) in [5.74, 6) is -1.47. The van der Waals surface area contributed by atoms with Gasteiger partial charge in [0.1, 0.15) is 12.5 Å². The van der Waals surface area contributed by atoms with Crippen LogP contribution >= 0.6 is 0 Å². The minimum Gasteiger partial charge on any atom is -0.396 e. The van der Waals surface area contributed by atoms with Gasteiger partial charge in [0.15, 0.2) is 11.6 Å². The Morgan fingerprint density at radius 1 is 1.29 bits per heavy atom. The van der Waals surface area contributed by atoms with Gasteiger partial charge in [-0.25, -0.2) is 4.79 Å². The van der Waals surface area contributed by atoms with Gasteiger partial charge >= 0.3 is 6.03 Å². The van der Waals surface area contributed by atoms with Gasteiger partial charge in [0, 0.05) is 14.1 Å². The van der Waals surface area contributed by atoms with Crippen molar-refractivity contribution in [3.8, 4) is 0 Å². The van der Waals surface area contributed by atoms with Gasteiger partial charge in [-0.3, -0.25) is 9.59 Å². The van der Waals surface area contributed by atoms with E-state index in [-0.39, 0.29) is 30.7 Å². The number of urea groups is 1. The van der Waals surface area contributed by atoms with Crippen molar-refractivity contribution in [2.45, 2.75) is 26.7 Å². The molecule has 0 aromatic rings. The SMILES string of the molecule is CCCC(=NOCC)C1C(=O)CN(C(=O)N(C)C)CC1=O. The molecule has 0 saturated carbocycles. The van der Waals surface area contributed by atoms with E-state index in [9.17, 15) is 14.4 Å². The van der Waals surface area contributed by atoms with Crippen molar-refractivity contribution in [2.24, 2.45) is 11.1 Å². The molecule has 7 heteroatoms. The average molecular weight is 297 g/mol. The number of hydrogen-bond acceptors (Lipinski definition) is 5. The predicted octanol–water partition coefficient (Wildman–Crippen LogP) is 0.931. The van der Waals surface area contributed by atoms with Gasteiger partial charge in [-0.2, -0.15) is 0 Å². The molecule has 1 heterocycles. The molecule has 2 amide bonds. The van der Waals surface area contributed by atoms with Crippen LogP contribution in [0.2, 0.25) is 0 Å². The summed E-state index contributed by atoms with van der Waals surface area (Å²) in [5, 5.41) is 3.92. The van der Waals surface area contributed by atoms with Gasteiger partial charge in [-0.05, 0) is 13.3 Å². The number of amides is 2. The Hall–Kier alpha value is -1.92. The van der Waals surface area contributed by atoms with E-state index in [1.807, 2.05) is 6.92 Å². The zero-order valence-corrected chi connectivity index (χ0v) is 13.1. The summed E-state index contributed by atoms with van der Waals surface area (Å²) in [6, 6.07) is -0.339. The van der Waals surface area contributed by atoms with E-state index in [1.54, 1.807) is 21.0 Å². The molecule has 1 rings (SSSR count). The normalized spacial score (nSPS) is 17.1. The molecule has 0 radical (unpaired) electrons. The smallest absolute Gasteiger partial charge is 0.320 e. The number of ketones is 2. The number of Topliss-reactive ketones (excluding diaryl/α,β-unsaturated/α-hetero) is 2. The predicted molar refractivity (Wildman–Crippen MR) is 78.1 cm³/mol. The van der Waals surface area contributed by atoms with E-state index < -0.39 is 5.92 Å². The van der Waals surface area contributed by atoms with E-state index in [4.69, 9.17) is 4.84 Å². The van der Waals surface area contributed by atoms with Crippen molar-refractivity contribution in [3.63, 3.8) is 0 Å². The third kappa shape index (κ3) is 4.27. The van der Waals surface area contributed by atoms with Crippen LogP contribution in [0.1, 0.15) is 26.7 Å². The lowest BCUT2D eigenvalue weighted by atomic mass is 9.87. The molecule has 0 spiro atoms. The van der Waals surface area contributed by atoms with Crippen LogP contribution in [0.5, 0.6) is 0 Å². The molecule has 21 heavy (non-hydrogen) atoms. The van der Waals surface area contributed by atoms with Crippen LogP contribution in [0.3, 0.4) is 0 Å². The summed E-state index contributed by atoms with van der Waals surface area (Å²) in [7, 11) is 3.17. The Kier molecular flexibility index (Phi) is 6.33. The maximum atomic E-state index is 12.3. The number of carbonyl (C=O) groups is 3. The fourth-order valence-electron chi connectivity index (χ4n) is 2.23. The lowest BCUT2D eigenvalue weighted by Crippen LogP contribution is -2.54. The summed E-state index contributed by atoms with van der Waals surface area (Å²) in [5.41, 5.74) is 0.464. The Morgan fingerprint density at radius 2 is 1.86 bits per heavy atom. The van der Waals surface area contributed by atoms with Gasteiger partial charge in [-0.1, -0.05) is 18.5 Å². The lowest BCUT2D eigenvalue weighted by Gasteiger charge is -2.31. The van der Waals surface area contributed by atoms with Gasteiger partial charge < -0.3 is 14.6 Å². The van der Waals surface area contributed by atoms with Crippen LogP contribution in [-0.2, 0) is 14.4 Å². The van der Waals surface area contributed by atoms with Crippen LogP contribution < -0.4 is 0 Å². The number of nitrogens with zero attached hydrogens (tertiary/aromatic N) is 3. The van der Waals surface area contributed by atoms with Gasteiger partial charge in [0.25, 0.3) is 0 Å². The second-order valence-electron chi connectivity index (χ2n) is 5.15. The largest absolute Gasteiger partial charge is 0.396 e. The highest BCUT2D eigenvalue weighted by Gasteiger charge is 2.39. The molecule has 1 saturated heterocycles. The van der Waals surface area contributed by atoms with Crippen molar-refractivity contribution in [1.82, 2.24) is 9.80 Å². The van der Waals surface area contributed by atoms with Gasteiger partial charge in [0.2, 0.25) is 0 Å². The van der Waals surface area contributed by atoms with Gasteiger partial charge in [-0.15, -0.1) is 0 Å². The fraction of sp³-hybridized carbons (Fsp3) is 0.714. The lowest BCUT2D eigenvalue weighted by molar-refractivity contribution is -0.134. The van der Waals surface area contributed by atoms with Crippen LogP contribution in [-0.4, -0.2) is 66.9 Å². The summed E-state index contributed by atoms with van der Waals surface area (Å²) in [4.78, 5) is 44.0. The zero-order chi connectivity index (χ0) is 16.0. The number of hydrogen-bond donors (Lipinski definition) is 0. The number of rotatable bonds is 5. The maximum Gasteiger partial charge on any atom is 0.320 e. The summed E-state index contributed by atoms with van der Waals surface area (Å²) < 4.78 is 0. The van der Waals surface area contributed by atoms with Crippen molar-refractivity contribution in [2.75, 3.05) is 33.8 Å². The Bertz CT molecular complexity index is 428. The van der Waals surface area contributed by atoms with Crippen molar-refractivity contribution < 1.29 is 19.2 Å². The average Bonchev–Trinajstić information content (AvgIpc) is 2.42. The molecule has 1 fully saturated rings. The standard InChI is InChI=1S/C14H23N3O4/c1-5-7-10(15-21-6-2)13-11(18)8-17(9-12(13)19)14(20)16(3)4/h13H,5-9H2,1-4H3. The zero-order valence-electron chi connectivity index (χ0n) is 13.1. The molecule has 1 aliphatic heterocycles. The third-order valence-electron chi connectivity index (χ3n) is 3.14. The molecular weight excluding hydrogens is 274 g/mol. The highest BCUT2D eigenvalue weighted by atomic mass is 16.6. The van der Waals surface area contributed by atoms with Crippen LogP contribution in [0.25, 0.3) is 0 Å². The van der Waals surface area contributed by atoms with E-state index in [0.29, 0.717) is 18.7 Å². The van der Waals surface area contributed by atoms with E-state index in [2.05, 4.69) is 5.16 Å². The highest BCUT2D eigenvalue weighted by Crippen LogP contribution is 2.17. The molecule has 1 aliphatic rings. The third-order valence-corrected chi connectivity index (χ3v) is 3.14. The minimum absolute atomic E-state index is 0.0672. The molecule has 0 aromatic heterocycles. The number of carbonyl (C=O) groups excluding carboxylic acids is 3. The molecule has 0 N–H and O–H groups in total. The van der Waals surface area contributed by atoms with Crippen molar-refractivity contribution >= 4 is 23.3 Å². The molecule has 0 atom stereocenters. The molecule has 118 valence electrons. The second kappa shape index (κ2) is 7.75. The van der Waals surface area contributed by atoms with Crippen LogP contribution in [0, 0.1) is 5.92 Å². The van der Waals surface area contributed by atoms with Crippen molar-refractivity contribution in [1.29, 1.82) is 0 Å². The van der Waals surface area contributed by atoms with Crippen LogP contribution in [0.15, 0.2) is 5.16 Å². The topological polar surface area (TPSA) is 79.3 Å². The molecule has 0 aliphatic carbocycles. The first-order valence-corrected chi connectivity index (χ1v) is 7.12. The maximum absolute atomic E-state index is 12.3. The first-order valence-electron chi connectivity index (χ1n) is 7.12. The molecule has 0 unspecified atom stereocenters. The fourth-order valence-corrected chi connectivity index (χ4v) is 2.23. The van der Waals surface area contributed by atoms with E-state index in [0.717, 1.165) is 6.42 Å². The highest BCUT2D eigenvalue weighted by molar-refractivity contribution is 6.23. The first-order chi connectivity index (χ1) is 9.92. The summed E-state index contributed by atoms with van der Waals surface area (Å²) in [6.45, 7) is 3.98. The number of likely N-dealkylation sites (tertiary alicyclic amines) is 1. The molecule has 7 nitrogen and oxygen atoms in total. The number of piperidine rings is 1. The Balaban J connectivity index is 2.89. The van der Waals surface area contributed by atoms with Crippen LogP contribution in [0.4, 0.5) is 4.79 Å². The van der Waals surface area contributed by atoms with E-state index >= 15 is 0 Å². The number of oxime groups is 1. The van der Waals surface area contributed by atoms with Crippen molar-refractivity contribution in [3.05, 3.63) is 0 Å². The minimum atomic E-state index is -0.872. The quantitative estimate of drug-likeness (QED) is 0.429. The van der Waals surface area contributed by atoms with E-state index in [1.165, 1.54) is 9.80 Å². The molecular formula is C14H23N3O4. The molecule has 0 bridgehead atoms. The molecule has 0 aromatic carbocycles. The summed E-state index contributed by atoms with van der Waals surface area (Å²) in [6.07, 6.45) is 1.30. The summed E-state index contributed by atoms with van der Waals surface area (Å²) >= 11 is 0. The van der Waals surface area contributed by atoms with Gasteiger partial charge in [0.05, 0.1) is 18.8 Å². The second-order valence-corrected chi connectivity index (χ2v) is 5.15. The first kappa shape index (κ1) is 17.1. The Labute approximate surface area is 124 Å². The Morgan fingerprint density at radius 3 is 2.29 bits per heavy atom.